The highest BCUT2D eigenvalue weighted by Gasteiger charge is 2.11. The van der Waals surface area contributed by atoms with Crippen LogP contribution in [0.1, 0.15) is 11.3 Å². The van der Waals surface area contributed by atoms with Crippen LogP contribution in [-0.2, 0) is 17.8 Å². The maximum atomic E-state index is 11.6. The van der Waals surface area contributed by atoms with Crippen LogP contribution in [0.4, 0.5) is 4.79 Å². The summed E-state index contributed by atoms with van der Waals surface area (Å²) in [5, 5.41) is 12.6. The number of carbonyl (C=O) groups is 2. The summed E-state index contributed by atoms with van der Waals surface area (Å²) in [4.78, 5) is 30.4. The van der Waals surface area contributed by atoms with Crippen LogP contribution in [0.15, 0.2) is 29.9 Å². The summed E-state index contributed by atoms with van der Waals surface area (Å²) in [6.07, 6.45) is 2.54. The maximum absolute atomic E-state index is 11.6. The van der Waals surface area contributed by atoms with Gasteiger partial charge >= 0.3 is 6.09 Å². The molecule has 0 saturated heterocycles. The molecule has 110 valence electrons. The Morgan fingerprint density at radius 2 is 2.29 bits per heavy atom. The Morgan fingerprint density at radius 1 is 1.43 bits per heavy atom. The Balaban J connectivity index is 1.81. The first-order valence-electron chi connectivity index (χ1n) is 5.89. The first-order valence-corrected chi connectivity index (χ1v) is 6.77. The van der Waals surface area contributed by atoms with Gasteiger partial charge in [0, 0.05) is 24.3 Å². The van der Waals surface area contributed by atoms with Crippen molar-refractivity contribution in [1.29, 1.82) is 0 Å². The molecule has 8 nitrogen and oxygen atoms in total. The number of carbonyl (C=O) groups excluding carboxylic acids is 2. The molecule has 2 rings (SSSR count). The summed E-state index contributed by atoms with van der Waals surface area (Å²) in [5.74, 6) is -0.590. The molecule has 0 aliphatic rings. The smallest absolute Gasteiger partial charge is 0.381 e. The van der Waals surface area contributed by atoms with Crippen LogP contribution in [0, 0.1) is 0 Å². The van der Waals surface area contributed by atoms with Gasteiger partial charge in [-0.2, -0.15) is 0 Å². The van der Waals surface area contributed by atoms with Crippen molar-refractivity contribution in [3.8, 4) is 5.19 Å². The third-order valence-corrected chi connectivity index (χ3v) is 3.10. The van der Waals surface area contributed by atoms with Crippen LogP contribution in [-0.4, -0.2) is 27.2 Å². The van der Waals surface area contributed by atoms with Crippen LogP contribution in [0.3, 0.4) is 0 Å². The SMILES string of the molecule is O=C(Cc1csc(OC(=O)NCc2cccnc2)n1)NO. The molecule has 0 bridgehead atoms. The zero-order valence-corrected chi connectivity index (χ0v) is 11.6. The fourth-order valence-electron chi connectivity index (χ4n) is 1.41. The lowest BCUT2D eigenvalue weighted by Crippen LogP contribution is -2.26. The van der Waals surface area contributed by atoms with E-state index in [2.05, 4.69) is 15.3 Å². The molecule has 9 heteroatoms. The topological polar surface area (TPSA) is 113 Å². The molecule has 0 unspecified atom stereocenters. The van der Waals surface area contributed by atoms with E-state index in [1.807, 2.05) is 6.07 Å². The third kappa shape index (κ3) is 4.82. The van der Waals surface area contributed by atoms with E-state index in [1.165, 1.54) is 5.48 Å². The molecule has 0 atom stereocenters. The molecular weight excluding hydrogens is 296 g/mol. The molecule has 0 radical (unpaired) electrons. The summed E-state index contributed by atoms with van der Waals surface area (Å²) in [5.41, 5.74) is 2.75. The van der Waals surface area contributed by atoms with Gasteiger partial charge in [0.1, 0.15) is 0 Å². The van der Waals surface area contributed by atoms with E-state index in [-0.39, 0.29) is 18.2 Å². The Morgan fingerprint density at radius 3 is 3.00 bits per heavy atom. The molecule has 0 aromatic carbocycles. The lowest BCUT2D eigenvalue weighted by molar-refractivity contribution is -0.128. The molecule has 21 heavy (non-hydrogen) atoms. The molecular formula is C12H12N4O4S. The summed E-state index contributed by atoms with van der Waals surface area (Å²) in [6.45, 7) is 0.290. The number of hydroxylamine groups is 1. The van der Waals surface area contributed by atoms with Crippen molar-refractivity contribution < 1.29 is 19.5 Å². The van der Waals surface area contributed by atoms with E-state index in [0.717, 1.165) is 16.9 Å². The molecule has 3 N–H and O–H groups in total. The molecule has 0 saturated carbocycles. The van der Waals surface area contributed by atoms with Crippen LogP contribution < -0.4 is 15.5 Å². The van der Waals surface area contributed by atoms with Gasteiger partial charge in [0.15, 0.2) is 0 Å². The molecule has 0 aliphatic carbocycles. The quantitative estimate of drug-likeness (QED) is 0.558. The van der Waals surface area contributed by atoms with Crippen LogP contribution in [0.5, 0.6) is 5.19 Å². The highest BCUT2D eigenvalue weighted by atomic mass is 32.1. The van der Waals surface area contributed by atoms with Gasteiger partial charge in [-0.1, -0.05) is 17.4 Å². The van der Waals surface area contributed by atoms with E-state index in [1.54, 1.807) is 23.8 Å². The number of aromatic nitrogens is 2. The second-order valence-electron chi connectivity index (χ2n) is 3.92. The molecule has 2 amide bonds. The minimum atomic E-state index is -0.647. The van der Waals surface area contributed by atoms with Crippen LogP contribution in [0.25, 0.3) is 0 Å². The summed E-state index contributed by atoms with van der Waals surface area (Å²) >= 11 is 1.08. The van der Waals surface area contributed by atoms with E-state index >= 15 is 0 Å². The van der Waals surface area contributed by atoms with Gasteiger partial charge in [-0.05, 0) is 11.6 Å². The van der Waals surface area contributed by atoms with E-state index in [9.17, 15) is 9.59 Å². The van der Waals surface area contributed by atoms with Crippen molar-refractivity contribution in [3.05, 3.63) is 41.2 Å². The number of nitrogens with one attached hydrogen (secondary N) is 2. The Kier molecular flexibility index (Phi) is 5.18. The van der Waals surface area contributed by atoms with Crippen LogP contribution in [0.2, 0.25) is 0 Å². The number of hydrogen-bond acceptors (Lipinski definition) is 7. The first kappa shape index (κ1) is 14.9. The molecule has 2 aromatic heterocycles. The number of thiazole rings is 1. The lowest BCUT2D eigenvalue weighted by atomic mass is 10.3. The second kappa shape index (κ2) is 7.31. The van der Waals surface area contributed by atoms with Crippen molar-refractivity contribution in [1.82, 2.24) is 20.8 Å². The minimum Gasteiger partial charge on any atom is -0.381 e. The van der Waals surface area contributed by atoms with E-state index < -0.39 is 12.0 Å². The average Bonchev–Trinajstić information content (AvgIpc) is 2.93. The molecule has 0 aliphatic heterocycles. The molecule has 2 aromatic rings. The predicted molar refractivity (Wildman–Crippen MR) is 72.8 cm³/mol. The summed E-state index contributed by atoms with van der Waals surface area (Å²) < 4.78 is 4.97. The molecule has 2 heterocycles. The lowest BCUT2D eigenvalue weighted by Gasteiger charge is -2.03. The van der Waals surface area contributed by atoms with Crippen molar-refractivity contribution in [2.45, 2.75) is 13.0 Å². The fourth-order valence-corrected chi connectivity index (χ4v) is 2.08. The zero-order valence-electron chi connectivity index (χ0n) is 10.8. The van der Waals surface area contributed by atoms with Crippen LogP contribution >= 0.6 is 11.3 Å². The first-order chi connectivity index (χ1) is 10.2. The largest absolute Gasteiger partial charge is 0.414 e. The van der Waals surface area contributed by atoms with Crippen molar-refractivity contribution in [2.75, 3.05) is 0 Å². The Bertz CT molecular complexity index is 617. The Hall–Kier alpha value is -2.52. The minimum absolute atomic E-state index is 0.0896. The van der Waals surface area contributed by atoms with Gasteiger partial charge in [0.2, 0.25) is 5.91 Å². The summed E-state index contributed by atoms with van der Waals surface area (Å²) in [6, 6.07) is 3.59. The highest BCUT2D eigenvalue weighted by molar-refractivity contribution is 7.11. The van der Waals surface area contributed by atoms with Crippen molar-refractivity contribution >= 4 is 23.3 Å². The number of amides is 2. The number of ether oxygens (including phenoxy) is 1. The second-order valence-corrected chi connectivity index (χ2v) is 4.74. The van der Waals surface area contributed by atoms with Gasteiger partial charge in [0.25, 0.3) is 5.19 Å². The number of pyridine rings is 1. The monoisotopic (exact) mass is 308 g/mol. The van der Waals surface area contributed by atoms with E-state index in [0.29, 0.717) is 5.69 Å². The normalized spacial score (nSPS) is 9.95. The molecule has 0 spiro atoms. The number of nitrogens with zero attached hydrogens (tertiary/aromatic N) is 2. The van der Waals surface area contributed by atoms with Gasteiger partial charge in [-0.15, -0.1) is 0 Å². The molecule has 0 fully saturated rings. The zero-order chi connectivity index (χ0) is 15.1. The Labute approximate surface area is 123 Å². The standard InChI is InChI=1S/C12H12N4O4S/c17-10(16-19)4-9-7-21-12(15-9)20-11(18)14-6-8-2-1-3-13-5-8/h1-3,5,7,19H,4,6H2,(H,14,18)(H,16,17). The van der Waals surface area contributed by atoms with Crippen molar-refractivity contribution in [3.63, 3.8) is 0 Å². The van der Waals surface area contributed by atoms with Gasteiger partial charge in [-0.25, -0.2) is 15.3 Å². The summed E-state index contributed by atoms with van der Waals surface area (Å²) in [7, 11) is 0. The number of rotatable bonds is 5. The average molecular weight is 308 g/mol. The third-order valence-electron chi connectivity index (χ3n) is 2.34. The highest BCUT2D eigenvalue weighted by Crippen LogP contribution is 2.18. The predicted octanol–water partition coefficient (Wildman–Crippen LogP) is 0.875. The van der Waals surface area contributed by atoms with E-state index in [4.69, 9.17) is 9.94 Å². The van der Waals surface area contributed by atoms with Crippen molar-refractivity contribution in [2.24, 2.45) is 0 Å². The maximum Gasteiger partial charge on any atom is 0.414 e. The number of hydrogen-bond donors (Lipinski definition) is 3. The van der Waals surface area contributed by atoms with Gasteiger partial charge in [0.05, 0.1) is 12.1 Å². The van der Waals surface area contributed by atoms with Gasteiger partial charge < -0.3 is 10.1 Å². The fraction of sp³-hybridized carbons (Fsp3) is 0.167. The van der Waals surface area contributed by atoms with Gasteiger partial charge in [-0.3, -0.25) is 15.0 Å².